The summed E-state index contributed by atoms with van der Waals surface area (Å²) in [7, 11) is -3.90. The first-order valence-corrected chi connectivity index (χ1v) is 11.9. The standard InChI is InChI=1S/C22H22F3N3O3S/c1-27-11-15(13-3-6-26-19(13)20(27)29)14-9-18(32(2,30)31)17(10-16(14)23)28-7-4-21(5-8-28)12-22(21,24)25/h3,6,9-11,26H,4-5,7-8,12H2,1-2H3/i1D3. The molecular weight excluding hydrogens is 443 g/mol. The first kappa shape index (κ1) is 17.8. The number of hydrogen-bond acceptors (Lipinski definition) is 4. The van der Waals surface area contributed by atoms with Gasteiger partial charge in [0.15, 0.2) is 9.84 Å². The number of nitrogens with zero attached hydrogens (tertiary/aromatic N) is 2. The molecule has 2 aliphatic rings. The van der Waals surface area contributed by atoms with E-state index in [1.165, 1.54) is 12.3 Å². The summed E-state index contributed by atoms with van der Waals surface area (Å²) in [6.07, 6.45) is 3.51. The number of pyridine rings is 1. The number of aromatic nitrogens is 2. The van der Waals surface area contributed by atoms with Crippen molar-refractivity contribution in [1.29, 1.82) is 0 Å². The van der Waals surface area contributed by atoms with Crippen LogP contribution in [0.4, 0.5) is 18.9 Å². The molecule has 0 bridgehead atoms. The van der Waals surface area contributed by atoms with Gasteiger partial charge < -0.3 is 14.5 Å². The van der Waals surface area contributed by atoms with E-state index in [0.717, 1.165) is 24.6 Å². The summed E-state index contributed by atoms with van der Waals surface area (Å²) in [5.41, 5.74) is -2.04. The minimum atomic E-state index is -3.90. The lowest BCUT2D eigenvalue weighted by molar-refractivity contribution is 0.0536. The van der Waals surface area contributed by atoms with Crippen LogP contribution < -0.4 is 10.5 Å². The van der Waals surface area contributed by atoms with Crippen LogP contribution in [0.25, 0.3) is 22.0 Å². The Hall–Kier alpha value is -2.75. The summed E-state index contributed by atoms with van der Waals surface area (Å²) in [4.78, 5) is 16.7. The molecule has 1 saturated heterocycles. The van der Waals surface area contributed by atoms with Gasteiger partial charge in [-0.15, -0.1) is 0 Å². The zero-order chi connectivity index (χ0) is 25.6. The normalized spacial score (nSPS) is 21.4. The van der Waals surface area contributed by atoms with E-state index in [2.05, 4.69) is 4.98 Å². The van der Waals surface area contributed by atoms with Crippen molar-refractivity contribution < 1.29 is 25.7 Å². The Morgan fingerprint density at radius 1 is 1.19 bits per heavy atom. The number of alkyl halides is 2. The molecule has 6 nitrogen and oxygen atoms in total. The Kier molecular flexibility index (Phi) is 3.68. The molecule has 1 aliphatic heterocycles. The number of anilines is 1. The number of nitrogens with one attached hydrogen (secondary N) is 1. The number of piperidine rings is 1. The molecule has 5 rings (SSSR count). The Balaban J connectivity index is 1.65. The summed E-state index contributed by atoms with van der Waals surface area (Å²) < 4.78 is 92.0. The number of sulfone groups is 1. The topological polar surface area (TPSA) is 75.2 Å². The third kappa shape index (κ3) is 3.07. The van der Waals surface area contributed by atoms with Crippen LogP contribution in [0, 0.1) is 11.2 Å². The first-order chi connectivity index (χ1) is 16.1. The Morgan fingerprint density at radius 2 is 1.88 bits per heavy atom. The van der Waals surface area contributed by atoms with Gasteiger partial charge in [-0.1, -0.05) is 0 Å². The molecule has 1 saturated carbocycles. The second-order valence-corrected chi connectivity index (χ2v) is 10.7. The van der Waals surface area contributed by atoms with Gasteiger partial charge in [-0.3, -0.25) is 4.79 Å². The van der Waals surface area contributed by atoms with E-state index in [4.69, 9.17) is 4.11 Å². The van der Waals surface area contributed by atoms with Gasteiger partial charge in [-0.2, -0.15) is 0 Å². The van der Waals surface area contributed by atoms with Crippen molar-refractivity contribution in [3.05, 3.63) is 46.8 Å². The zero-order valence-corrected chi connectivity index (χ0v) is 17.9. The van der Waals surface area contributed by atoms with E-state index in [1.807, 2.05) is 0 Å². The van der Waals surface area contributed by atoms with Crippen LogP contribution >= 0.6 is 0 Å². The van der Waals surface area contributed by atoms with Crippen molar-refractivity contribution in [3.63, 3.8) is 0 Å². The summed E-state index contributed by atoms with van der Waals surface area (Å²) in [5.74, 6) is -3.55. The van der Waals surface area contributed by atoms with Gasteiger partial charge in [0.2, 0.25) is 0 Å². The molecule has 1 N–H and O–H groups in total. The second kappa shape index (κ2) is 6.63. The lowest BCUT2D eigenvalue weighted by atomic mass is 9.92. The van der Waals surface area contributed by atoms with Crippen LogP contribution in [0.5, 0.6) is 0 Å². The average molecular weight is 469 g/mol. The summed E-state index contributed by atoms with van der Waals surface area (Å²) in [6, 6.07) is 3.63. The molecule has 1 aromatic carbocycles. The molecule has 0 unspecified atom stereocenters. The van der Waals surface area contributed by atoms with Crippen LogP contribution in [0.15, 0.2) is 40.3 Å². The number of aryl methyl sites for hydroxylation is 1. The van der Waals surface area contributed by atoms with E-state index in [0.29, 0.717) is 4.57 Å². The van der Waals surface area contributed by atoms with Crippen LogP contribution in [-0.2, 0) is 16.8 Å². The van der Waals surface area contributed by atoms with Gasteiger partial charge in [0, 0.05) is 71.2 Å². The maximum atomic E-state index is 15.5. The van der Waals surface area contributed by atoms with Gasteiger partial charge in [0.25, 0.3) is 11.5 Å². The summed E-state index contributed by atoms with van der Waals surface area (Å²) in [6.45, 7) is -2.54. The van der Waals surface area contributed by atoms with Crippen LogP contribution in [0.1, 0.15) is 23.4 Å². The molecule has 3 aromatic rings. The average Bonchev–Trinajstić information content (AvgIpc) is 3.08. The third-order valence-electron chi connectivity index (χ3n) is 6.74. The molecule has 32 heavy (non-hydrogen) atoms. The fraction of sp³-hybridized carbons (Fsp3) is 0.409. The van der Waals surface area contributed by atoms with Gasteiger partial charge in [0.05, 0.1) is 10.6 Å². The molecular formula is C22H22F3N3O3S. The molecule has 0 radical (unpaired) electrons. The van der Waals surface area contributed by atoms with E-state index >= 15 is 4.39 Å². The Bertz CT molecular complexity index is 1520. The zero-order valence-electron chi connectivity index (χ0n) is 20.1. The number of hydrogen-bond donors (Lipinski definition) is 1. The van der Waals surface area contributed by atoms with Crippen molar-refractivity contribution >= 4 is 26.4 Å². The molecule has 1 spiro atoms. The van der Waals surface area contributed by atoms with Crippen LogP contribution in [-0.4, -0.2) is 43.2 Å². The quantitative estimate of drug-likeness (QED) is 0.595. The predicted molar refractivity (Wildman–Crippen MR) is 115 cm³/mol. The van der Waals surface area contributed by atoms with Crippen LogP contribution in [0.3, 0.4) is 0 Å². The van der Waals surface area contributed by atoms with E-state index < -0.39 is 39.5 Å². The van der Waals surface area contributed by atoms with E-state index in [-0.39, 0.29) is 65.0 Å². The minimum absolute atomic E-state index is 0.0288. The first-order valence-electron chi connectivity index (χ1n) is 11.5. The lowest BCUT2D eigenvalue weighted by Gasteiger charge is -2.35. The Labute approximate surface area is 186 Å². The second-order valence-electron chi connectivity index (χ2n) is 8.70. The molecule has 2 fully saturated rings. The molecule has 0 atom stereocenters. The third-order valence-corrected chi connectivity index (χ3v) is 7.86. The largest absolute Gasteiger partial charge is 0.370 e. The highest BCUT2D eigenvalue weighted by molar-refractivity contribution is 7.90. The maximum Gasteiger partial charge on any atom is 0.274 e. The Morgan fingerprint density at radius 3 is 2.47 bits per heavy atom. The number of benzene rings is 1. The van der Waals surface area contributed by atoms with Gasteiger partial charge in [-0.05, 0) is 31.0 Å². The van der Waals surface area contributed by atoms with Gasteiger partial charge in [-0.25, -0.2) is 21.6 Å². The van der Waals surface area contributed by atoms with Crippen molar-refractivity contribution in [2.24, 2.45) is 12.4 Å². The molecule has 10 heteroatoms. The van der Waals surface area contributed by atoms with Crippen molar-refractivity contribution in [2.75, 3.05) is 24.2 Å². The SMILES string of the molecule is [2H]C([2H])([2H])n1cc(-c2cc(S(C)(=O)=O)c(N3CCC4(CC3)CC4(F)F)cc2F)c2cc[nH]c2c1=O. The number of fused-ring (bicyclic) bond motifs is 1. The molecule has 1 aliphatic carbocycles. The molecule has 3 heterocycles. The molecule has 0 amide bonds. The van der Waals surface area contributed by atoms with Gasteiger partial charge in [0.1, 0.15) is 11.3 Å². The predicted octanol–water partition coefficient (Wildman–Crippen LogP) is 3.70. The highest BCUT2D eigenvalue weighted by Gasteiger charge is 2.70. The van der Waals surface area contributed by atoms with Crippen molar-refractivity contribution in [1.82, 2.24) is 9.55 Å². The van der Waals surface area contributed by atoms with E-state index in [1.54, 1.807) is 4.90 Å². The highest BCUT2D eigenvalue weighted by atomic mass is 32.2. The fourth-order valence-corrected chi connectivity index (χ4v) is 5.66. The smallest absolute Gasteiger partial charge is 0.274 e. The summed E-state index contributed by atoms with van der Waals surface area (Å²) in [5, 5.41) is 0.234. The number of rotatable bonds is 3. The number of aromatic amines is 1. The van der Waals surface area contributed by atoms with Gasteiger partial charge >= 0.3 is 0 Å². The van der Waals surface area contributed by atoms with Crippen molar-refractivity contribution in [3.8, 4) is 11.1 Å². The molecule has 170 valence electrons. The number of H-pyrrole nitrogens is 1. The maximum absolute atomic E-state index is 15.5. The number of halogens is 3. The van der Waals surface area contributed by atoms with Crippen LogP contribution in [0.2, 0.25) is 0 Å². The van der Waals surface area contributed by atoms with E-state index in [9.17, 15) is 22.0 Å². The van der Waals surface area contributed by atoms with Crippen molar-refractivity contribution in [2.45, 2.75) is 30.1 Å². The monoisotopic (exact) mass is 468 g/mol. The minimum Gasteiger partial charge on any atom is -0.370 e. The highest BCUT2D eigenvalue weighted by Crippen LogP contribution is 2.66. The summed E-state index contributed by atoms with van der Waals surface area (Å²) >= 11 is 0. The fourth-order valence-electron chi connectivity index (χ4n) is 4.76. The lowest BCUT2D eigenvalue weighted by Crippen LogP contribution is -2.37. The molecule has 2 aromatic heterocycles.